The first kappa shape index (κ1) is 18.6. The van der Waals surface area contributed by atoms with Crippen LogP contribution in [0.3, 0.4) is 0 Å². The summed E-state index contributed by atoms with van der Waals surface area (Å²) in [6.45, 7) is 8.98. The van der Waals surface area contributed by atoms with Gasteiger partial charge in [0.05, 0.1) is 13.2 Å². The Morgan fingerprint density at radius 1 is 1.38 bits per heavy atom. The number of sulfonamides is 1. The topological polar surface area (TPSA) is 80.6 Å². The van der Waals surface area contributed by atoms with Gasteiger partial charge in [-0.2, -0.15) is 0 Å². The Bertz CT molecular complexity index is 542. The van der Waals surface area contributed by atoms with Crippen molar-refractivity contribution >= 4 is 26.0 Å². The summed E-state index contributed by atoms with van der Waals surface area (Å²) in [6.07, 6.45) is 0. The summed E-state index contributed by atoms with van der Waals surface area (Å²) in [5.41, 5.74) is 0. The van der Waals surface area contributed by atoms with Crippen LogP contribution in [-0.2, 0) is 21.3 Å². The zero-order valence-electron chi connectivity index (χ0n) is 12.8. The van der Waals surface area contributed by atoms with Crippen LogP contribution < -0.4 is 10.0 Å². The van der Waals surface area contributed by atoms with Gasteiger partial charge in [0.25, 0.3) is 0 Å². The van der Waals surface area contributed by atoms with Crippen molar-refractivity contribution in [3.05, 3.63) is 16.5 Å². The predicted molar refractivity (Wildman–Crippen MR) is 84.7 cm³/mol. The maximum Gasteiger partial charge on any atom is 0.245 e. The molecule has 8 heteroatoms. The normalized spacial score (nSPS) is 13.8. The fourth-order valence-corrected chi connectivity index (χ4v) is 3.86. The van der Waals surface area contributed by atoms with E-state index in [-0.39, 0.29) is 15.6 Å². The molecule has 0 fully saturated rings. The second kappa shape index (κ2) is 8.28. The van der Waals surface area contributed by atoms with Crippen molar-refractivity contribution in [1.29, 1.82) is 0 Å². The summed E-state index contributed by atoms with van der Waals surface area (Å²) in [7, 11) is -3.64. The van der Waals surface area contributed by atoms with Crippen LogP contribution in [0.25, 0.3) is 0 Å². The van der Waals surface area contributed by atoms with Crippen LogP contribution >= 0.6 is 15.9 Å². The maximum absolute atomic E-state index is 12.3. The van der Waals surface area contributed by atoms with Crippen LogP contribution in [0.4, 0.5) is 0 Å². The van der Waals surface area contributed by atoms with Crippen LogP contribution in [0, 0.1) is 0 Å². The smallest absolute Gasteiger partial charge is 0.245 e. The van der Waals surface area contributed by atoms with E-state index in [0.29, 0.717) is 31.6 Å². The van der Waals surface area contributed by atoms with Crippen LogP contribution in [0.5, 0.6) is 0 Å². The molecule has 1 aromatic rings. The van der Waals surface area contributed by atoms with Gasteiger partial charge < -0.3 is 14.5 Å². The van der Waals surface area contributed by atoms with Gasteiger partial charge in [-0.05, 0) is 29.8 Å². The third-order valence-corrected chi connectivity index (χ3v) is 5.06. The number of furan rings is 1. The van der Waals surface area contributed by atoms with E-state index in [0.717, 1.165) is 0 Å². The minimum Gasteiger partial charge on any atom is -0.452 e. The highest BCUT2D eigenvalue weighted by atomic mass is 79.9. The number of hydrogen-bond acceptors (Lipinski definition) is 5. The Labute approximate surface area is 134 Å². The van der Waals surface area contributed by atoms with Gasteiger partial charge in [-0.15, -0.1) is 0 Å². The van der Waals surface area contributed by atoms with E-state index in [1.807, 2.05) is 20.8 Å². The van der Waals surface area contributed by atoms with E-state index in [2.05, 4.69) is 26.0 Å². The summed E-state index contributed by atoms with van der Waals surface area (Å²) in [6, 6.07) is 1.50. The number of hydrogen-bond donors (Lipinski definition) is 2. The molecule has 0 aliphatic heterocycles. The molecule has 1 heterocycles. The molecular formula is C13H23BrN2O4S. The summed E-state index contributed by atoms with van der Waals surface area (Å²) in [5, 5.41) is 3.17. The van der Waals surface area contributed by atoms with Gasteiger partial charge >= 0.3 is 0 Å². The number of ether oxygens (including phenoxy) is 1. The molecule has 0 radical (unpaired) electrons. The van der Waals surface area contributed by atoms with Gasteiger partial charge in [-0.25, -0.2) is 13.1 Å². The minimum atomic E-state index is -3.64. The molecular weight excluding hydrogens is 360 g/mol. The van der Waals surface area contributed by atoms with Crippen molar-refractivity contribution in [2.45, 2.75) is 51.2 Å². The van der Waals surface area contributed by atoms with E-state index < -0.39 is 10.0 Å². The lowest BCUT2D eigenvalue weighted by molar-refractivity contribution is 0.133. The first-order valence-corrected chi connectivity index (χ1v) is 9.15. The Morgan fingerprint density at radius 3 is 2.62 bits per heavy atom. The molecule has 0 bridgehead atoms. The van der Waals surface area contributed by atoms with Gasteiger partial charge in [0.15, 0.2) is 4.67 Å². The molecule has 0 spiro atoms. The standard InChI is InChI=1S/C13H23BrN2O4S/c1-5-19-8-10(4)16-21(17,18)12-6-11(20-13(12)14)7-15-9(2)3/h6,9-10,15-16H,5,7-8H2,1-4H3. The zero-order chi connectivity index (χ0) is 16.0. The van der Waals surface area contributed by atoms with Crippen LogP contribution in [0.15, 0.2) is 20.0 Å². The lowest BCUT2D eigenvalue weighted by atomic mass is 10.3. The first-order chi connectivity index (χ1) is 9.76. The van der Waals surface area contributed by atoms with E-state index in [1.54, 1.807) is 6.92 Å². The molecule has 1 rings (SSSR count). The fourth-order valence-electron chi connectivity index (χ4n) is 1.63. The van der Waals surface area contributed by atoms with Crippen molar-refractivity contribution in [2.75, 3.05) is 13.2 Å². The van der Waals surface area contributed by atoms with E-state index in [1.165, 1.54) is 6.07 Å². The van der Waals surface area contributed by atoms with Crippen molar-refractivity contribution in [1.82, 2.24) is 10.0 Å². The van der Waals surface area contributed by atoms with Crippen molar-refractivity contribution in [3.63, 3.8) is 0 Å². The number of halogens is 1. The second-order valence-electron chi connectivity index (χ2n) is 5.07. The molecule has 0 aliphatic carbocycles. The zero-order valence-corrected chi connectivity index (χ0v) is 15.2. The van der Waals surface area contributed by atoms with Crippen molar-refractivity contribution in [3.8, 4) is 0 Å². The highest BCUT2D eigenvalue weighted by Crippen LogP contribution is 2.26. The molecule has 1 atom stereocenters. The van der Waals surface area contributed by atoms with Crippen molar-refractivity contribution < 1.29 is 17.6 Å². The molecule has 0 saturated heterocycles. The van der Waals surface area contributed by atoms with Crippen LogP contribution in [0.2, 0.25) is 0 Å². The fraction of sp³-hybridized carbons (Fsp3) is 0.692. The average molecular weight is 383 g/mol. The molecule has 2 N–H and O–H groups in total. The Hall–Kier alpha value is -0.410. The molecule has 0 aliphatic rings. The second-order valence-corrected chi connectivity index (χ2v) is 7.47. The molecule has 21 heavy (non-hydrogen) atoms. The summed E-state index contributed by atoms with van der Waals surface area (Å²) in [4.78, 5) is 0.103. The third-order valence-electron chi connectivity index (χ3n) is 2.61. The molecule has 122 valence electrons. The Morgan fingerprint density at radius 2 is 2.05 bits per heavy atom. The Kier molecular flexibility index (Phi) is 7.35. The number of nitrogens with one attached hydrogen (secondary N) is 2. The summed E-state index contributed by atoms with van der Waals surface area (Å²) >= 11 is 3.16. The molecule has 0 aromatic carbocycles. The molecule has 6 nitrogen and oxygen atoms in total. The molecule has 0 saturated carbocycles. The lowest BCUT2D eigenvalue weighted by Crippen LogP contribution is -2.35. The first-order valence-electron chi connectivity index (χ1n) is 6.88. The summed E-state index contributed by atoms with van der Waals surface area (Å²) < 4.78 is 38.0. The SMILES string of the molecule is CCOCC(C)NS(=O)(=O)c1cc(CNC(C)C)oc1Br. The largest absolute Gasteiger partial charge is 0.452 e. The van der Waals surface area contributed by atoms with E-state index in [9.17, 15) is 8.42 Å². The Balaban J connectivity index is 2.78. The van der Waals surface area contributed by atoms with E-state index in [4.69, 9.17) is 9.15 Å². The van der Waals surface area contributed by atoms with Crippen LogP contribution in [0.1, 0.15) is 33.5 Å². The average Bonchev–Trinajstić information content (AvgIpc) is 2.75. The lowest BCUT2D eigenvalue weighted by Gasteiger charge is -2.13. The number of rotatable bonds is 9. The van der Waals surface area contributed by atoms with Crippen LogP contribution in [-0.4, -0.2) is 33.7 Å². The maximum atomic E-state index is 12.3. The molecule has 1 unspecified atom stereocenters. The van der Waals surface area contributed by atoms with Gasteiger partial charge in [-0.1, -0.05) is 13.8 Å². The van der Waals surface area contributed by atoms with Gasteiger partial charge in [0.1, 0.15) is 10.7 Å². The summed E-state index contributed by atoms with van der Waals surface area (Å²) in [5.74, 6) is 0.563. The monoisotopic (exact) mass is 382 g/mol. The highest BCUT2D eigenvalue weighted by Gasteiger charge is 2.24. The third kappa shape index (κ3) is 6.07. The van der Waals surface area contributed by atoms with Gasteiger partial charge in [0, 0.05) is 24.8 Å². The van der Waals surface area contributed by atoms with Gasteiger partial charge in [-0.3, -0.25) is 0 Å². The quantitative estimate of drug-likeness (QED) is 0.684. The van der Waals surface area contributed by atoms with Crippen molar-refractivity contribution in [2.24, 2.45) is 0 Å². The highest BCUT2D eigenvalue weighted by molar-refractivity contribution is 9.10. The molecule has 1 aromatic heterocycles. The van der Waals surface area contributed by atoms with E-state index >= 15 is 0 Å². The molecule has 0 amide bonds. The minimum absolute atomic E-state index is 0.103. The predicted octanol–water partition coefficient (Wildman–Crippen LogP) is 2.24. The van der Waals surface area contributed by atoms with Gasteiger partial charge in [0.2, 0.25) is 10.0 Å².